The summed E-state index contributed by atoms with van der Waals surface area (Å²) in [5, 5.41) is 0.448. The normalized spacial score (nSPS) is 14.2. The molecule has 1 amide bonds. The van der Waals surface area contributed by atoms with Crippen molar-refractivity contribution in [3.8, 4) is 0 Å². The number of hydrogen-bond donors (Lipinski definition) is 0. The SMILES string of the molecule is Cc1cccc(N(CC(=O)N2CCN(c3ccccc3)CC2)S(=O)(=O)c2ccc(Cl)cc2)c1. The molecule has 33 heavy (non-hydrogen) atoms. The molecule has 3 aromatic rings. The highest BCUT2D eigenvalue weighted by molar-refractivity contribution is 7.92. The average molecular weight is 484 g/mol. The lowest BCUT2D eigenvalue weighted by atomic mass is 10.2. The molecule has 1 fully saturated rings. The molecule has 0 spiro atoms. The van der Waals surface area contributed by atoms with Crippen LogP contribution >= 0.6 is 11.6 Å². The Labute approximate surface area is 200 Å². The monoisotopic (exact) mass is 483 g/mol. The molecule has 0 N–H and O–H groups in total. The van der Waals surface area contributed by atoms with Gasteiger partial charge in [0.2, 0.25) is 5.91 Å². The minimum atomic E-state index is -3.96. The minimum Gasteiger partial charge on any atom is -0.368 e. The van der Waals surface area contributed by atoms with Gasteiger partial charge >= 0.3 is 0 Å². The number of nitrogens with zero attached hydrogens (tertiary/aromatic N) is 3. The van der Waals surface area contributed by atoms with Crippen LogP contribution in [-0.2, 0) is 14.8 Å². The van der Waals surface area contributed by atoms with E-state index in [1.54, 1.807) is 23.1 Å². The molecule has 1 aliphatic rings. The summed E-state index contributed by atoms with van der Waals surface area (Å²) in [4.78, 5) is 17.3. The van der Waals surface area contributed by atoms with Crippen LogP contribution in [0.3, 0.4) is 0 Å². The Bertz CT molecular complexity index is 1210. The molecular formula is C25H26ClN3O3S. The van der Waals surface area contributed by atoms with Crippen molar-refractivity contribution in [2.45, 2.75) is 11.8 Å². The molecule has 0 radical (unpaired) electrons. The van der Waals surface area contributed by atoms with Gasteiger partial charge in [0, 0.05) is 36.9 Å². The molecule has 1 saturated heterocycles. The van der Waals surface area contributed by atoms with Crippen molar-refractivity contribution >= 4 is 38.9 Å². The lowest BCUT2D eigenvalue weighted by Gasteiger charge is -2.37. The van der Waals surface area contributed by atoms with Crippen molar-refractivity contribution in [3.63, 3.8) is 0 Å². The van der Waals surface area contributed by atoms with Crippen LogP contribution < -0.4 is 9.21 Å². The zero-order valence-electron chi connectivity index (χ0n) is 18.4. The van der Waals surface area contributed by atoms with Crippen molar-refractivity contribution in [2.75, 3.05) is 41.9 Å². The number of hydrogen-bond acceptors (Lipinski definition) is 4. The van der Waals surface area contributed by atoms with Gasteiger partial charge in [-0.3, -0.25) is 9.10 Å². The number of rotatable bonds is 6. The fourth-order valence-corrected chi connectivity index (χ4v) is 5.44. The highest BCUT2D eigenvalue weighted by atomic mass is 35.5. The highest BCUT2D eigenvalue weighted by Crippen LogP contribution is 2.26. The summed E-state index contributed by atoms with van der Waals surface area (Å²) in [7, 11) is -3.96. The molecule has 172 valence electrons. The molecule has 0 atom stereocenters. The van der Waals surface area contributed by atoms with E-state index in [2.05, 4.69) is 17.0 Å². The lowest BCUT2D eigenvalue weighted by molar-refractivity contribution is -0.129. The summed E-state index contributed by atoms with van der Waals surface area (Å²) in [6.45, 7) is 4.10. The first-order valence-corrected chi connectivity index (χ1v) is 12.6. The fourth-order valence-electron chi connectivity index (χ4n) is 3.91. The van der Waals surface area contributed by atoms with E-state index in [9.17, 15) is 13.2 Å². The second kappa shape index (κ2) is 9.85. The second-order valence-corrected chi connectivity index (χ2v) is 10.3. The number of benzene rings is 3. The molecular weight excluding hydrogens is 458 g/mol. The predicted molar refractivity (Wildman–Crippen MR) is 132 cm³/mol. The van der Waals surface area contributed by atoms with Gasteiger partial charge in [-0.05, 0) is 61.0 Å². The first kappa shape index (κ1) is 23.1. The summed E-state index contributed by atoms with van der Waals surface area (Å²) < 4.78 is 28.2. The molecule has 0 unspecified atom stereocenters. The van der Waals surface area contributed by atoms with Gasteiger partial charge in [-0.25, -0.2) is 8.42 Å². The summed E-state index contributed by atoms with van der Waals surface area (Å²) in [6, 6.07) is 23.2. The molecule has 1 aliphatic heterocycles. The van der Waals surface area contributed by atoms with E-state index in [1.807, 2.05) is 31.2 Å². The number of anilines is 2. The maximum absolute atomic E-state index is 13.5. The molecule has 0 saturated carbocycles. The zero-order chi connectivity index (χ0) is 23.4. The van der Waals surface area contributed by atoms with Crippen LogP contribution in [-0.4, -0.2) is 51.9 Å². The third kappa shape index (κ3) is 5.31. The Hall–Kier alpha value is -3.03. The maximum atomic E-state index is 13.5. The molecule has 6 nitrogen and oxygen atoms in total. The Morgan fingerprint density at radius 3 is 2.21 bits per heavy atom. The Balaban J connectivity index is 1.54. The van der Waals surface area contributed by atoms with Crippen molar-refractivity contribution < 1.29 is 13.2 Å². The smallest absolute Gasteiger partial charge is 0.264 e. The molecule has 0 aromatic heterocycles. The topological polar surface area (TPSA) is 60.9 Å². The van der Waals surface area contributed by atoms with Crippen LogP contribution in [0.5, 0.6) is 0 Å². The lowest BCUT2D eigenvalue weighted by Crippen LogP contribution is -2.52. The van der Waals surface area contributed by atoms with E-state index in [-0.39, 0.29) is 17.3 Å². The van der Waals surface area contributed by atoms with E-state index in [4.69, 9.17) is 11.6 Å². The number of carbonyl (C=O) groups is 1. The number of halogens is 1. The Morgan fingerprint density at radius 1 is 0.909 bits per heavy atom. The number of aryl methyl sites for hydroxylation is 1. The molecule has 3 aromatic carbocycles. The van der Waals surface area contributed by atoms with E-state index < -0.39 is 10.0 Å². The van der Waals surface area contributed by atoms with Crippen molar-refractivity contribution in [2.24, 2.45) is 0 Å². The number of amides is 1. The largest absolute Gasteiger partial charge is 0.368 e. The van der Waals surface area contributed by atoms with Gasteiger partial charge < -0.3 is 9.80 Å². The highest BCUT2D eigenvalue weighted by Gasteiger charge is 2.30. The average Bonchev–Trinajstić information content (AvgIpc) is 2.83. The first-order chi connectivity index (χ1) is 15.8. The summed E-state index contributed by atoms with van der Waals surface area (Å²) in [5.74, 6) is -0.221. The van der Waals surface area contributed by atoms with Gasteiger partial charge in [0.25, 0.3) is 10.0 Å². The standard InChI is InChI=1S/C25H26ClN3O3S/c1-20-6-5-9-23(18-20)29(33(31,32)24-12-10-21(26)11-13-24)19-25(30)28-16-14-27(15-17-28)22-7-3-2-4-8-22/h2-13,18H,14-17,19H2,1H3. The maximum Gasteiger partial charge on any atom is 0.264 e. The van der Waals surface area contributed by atoms with Crippen molar-refractivity contribution in [1.82, 2.24) is 4.90 Å². The molecule has 4 rings (SSSR count). The third-order valence-electron chi connectivity index (χ3n) is 5.72. The van der Waals surface area contributed by atoms with Gasteiger partial charge in [0.1, 0.15) is 6.54 Å². The van der Waals surface area contributed by atoms with Crippen LogP contribution in [0.1, 0.15) is 5.56 Å². The summed E-state index contributed by atoms with van der Waals surface area (Å²) >= 11 is 5.95. The third-order valence-corrected chi connectivity index (χ3v) is 7.76. The quantitative estimate of drug-likeness (QED) is 0.527. The van der Waals surface area contributed by atoms with Crippen LogP contribution in [0.2, 0.25) is 5.02 Å². The van der Waals surface area contributed by atoms with E-state index in [0.717, 1.165) is 11.3 Å². The van der Waals surface area contributed by atoms with E-state index >= 15 is 0 Å². The predicted octanol–water partition coefficient (Wildman–Crippen LogP) is 4.19. The zero-order valence-corrected chi connectivity index (χ0v) is 20.0. The Morgan fingerprint density at radius 2 is 1.58 bits per heavy atom. The number of para-hydroxylation sites is 1. The second-order valence-electron chi connectivity index (χ2n) is 8.01. The van der Waals surface area contributed by atoms with Gasteiger partial charge in [-0.15, -0.1) is 0 Å². The van der Waals surface area contributed by atoms with E-state index in [0.29, 0.717) is 36.9 Å². The van der Waals surface area contributed by atoms with Crippen LogP contribution in [0, 0.1) is 6.92 Å². The first-order valence-electron chi connectivity index (χ1n) is 10.8. The number of sulfonamides is 1. The summed E-state index contributed by atoms with van der Waals surface area (Å²) in [5.41, 5.74) is 2.49. The van der Waals surface area contributed by atoms with Crippen LogP contribution in [0.25, 0.3) is 0 Å². The van der Waals surface area contributed by atoms with E-state index in [1.165, 1.54) is 28.6 Å². The number of piperazine rings is 1. The fraction of sp³-hybridized carbons (Fsp3) is 0.240. The Kier molecular flexibility index (Phi) is 6.91. The molecule has 0 aliphatic carbocycles. The molecule has 1 heterocycles. The van der Waals surface area contributed by atoms with Crippen molar-refractivity contribution in [3.05, 3.63) is 89.4 Å². The van der Waals surface area contributed by atoms with Crippen LogP contribution in [0.4, 0.5) is 11.4 Å². The van der Waals surface area contributed by atoms with Gasteiger partial charge in [0.05, 0.1) is 10.6 Å². The van der Waals surface area contributed by atoms with Gasteiger partial charge in [-0.1, -0.05) is 41.9 Å². The number of carbonyl (C=O) groups excluding carboxylic acids is 1. The van der Waals surface area contributed by atoms with Gasteiger partial charge in [-0.2, -0.15) is 0 Å². The molecule has 8 heteroatoms. The minimum absolute atomic E-state index is 0.0927. The van der Waals surface area contributed by atoms with Crippen molar-refractivity contribution in [1.29, 1.82) is 0 Å². The molecule has 0 bridgehead atoms. The van der Waals surface area contributed by atoms with Crippen LogP contribution in [0.15, 0.2) is 83.8 Å². The van der Waals surface area contributed by atoms with Gasteiger partial charge in [0.15, 0.2) is 0 Å². The summed E-state index contributed by atoms with van der Waals surface area (Å²) in [6.07, 6.45) is 0.